The van der Waals surface area contributed by atoms with Crippen LogP contribution >= 0.6 is 0 Å². The molecule has 12 rings (SSSR count). The van der Waals surface area contributed by atoms with Crippen LogP contribution in [0.4, 0.5) is 0 Å². The number of hydrogen-bond donors (Lipinski definition) is 0. The van der Waals surface area contributed by atoms with E-state index < -0.39 is 5.41 Å². The second-order valence-electron chi connectivity index (χ2n) is 14.9. The molecule has 3 nitrogen and oxygen atoms in total. The lowest BCUT2D eigenvalue weighted by atomic mass is 9.70. The van der Waals surface area contributed by atoms with E-state index in [4.69, 9.17) is 9.97 Å². The van der Waals surface area contributed by atoms with E-state index in [2.05, 4.69) is 205 Å². The monoisotopic (exact) mass is 711 g/mol. The van der Waals surface area contributed by atoms with Crippen molar-refractivity contribution in [2.45, 2.75) is 5.41 Å². The molecule has 0 fully saturated rings. The number of fused-ring (bicyclic) bond motifs is 13. The van der Waals surface area contributed by atoms with E-state index in [1.54, 1.807) is 0 Å². The van der Waals surface area contributed by atoms with Gasteiger partial charge in [0.1, 0.15) is 0 Å². The van der Waals surface area contributed by atoms with Gasteiger partial charge in [-0.1, -0.05) is 176 Å². The van der Waals surface area contributed by atoms with Crippen molar-refractivity contribution in [3.8, 4) is 61.8 Å². The van der Waals surface area contributed by atoms with Gasteiger partial charge in [0.25, 0.3) is 0 Å². The fraction of sp³-hybridized carbons (Fsp3) is 0.0189. The number of aromatic nitrogens is 3. The van der Waals surface area contributed by atoms with Crippen LogP contribution in [0.5, 0.6) is 0 Å². The lowest BCUT2D eigenvalue weighted by Gasteiger charge is -2.30. The summed E-state index contributed by atoms with van der Waals surface area (Å²) >= 11 is 0. The zero-order chi connectivity index (χ0) is 36.8. The summed E-state index contributed by atoms with van der Waals surface area (Å²) in [6.45, 7) is 0. The molecule has 0 saturated carbocycles. The van der Waals surface area contributed by atoms with E-state index in [9.17, 15) is 0 Å². The van der Waals surface area contributed by atoms with Gasteiger partial charge in [-0.2, -0.15) is 0 Å². The molecule has 0 amide bonds. The van der Waals surface area contributed by atoms with Gasteiger partial charge in [0.15, 0.2) is 0 Å². The zero-order valence-electron chi connectivity index (χ0n) is 30.4. The summed E-state index contributed by atoms with van der Waals surface area (Å²) in [5.74, 6) is 0.649. The lowest BCUT2D eigenvalue weighted by Crippen LogP contribution is -2.25. The average Bonchev–Trinajstić information content (AvgIpc) is 3.87. The van der Waals surface area contributed by atoms with Crippen LogP contribution in [-0.2, 0) is 5.41 Å². The minimum atomic E-state index is -0.451. The van der Waals surface area contributed by atoms with Crippen LogP contribution in [0, 0.1) is 0 Å². The molecule has 3 heteroatoms. The van der Waals surface area contributed by atoms with Gasteiger partial charge in [-0.15, -0.1) is 0 Å². The Morgan fingerprint density at radius 1 is 0.321 bits per heavy atom. The van der Waals surface area contributed by atoms with Crippen LogP contribution < -0.4 is 0 Å². The predicted octanol–water partition coefficient (Wildman–Crippen LogP) is 12.9. The Morgan fingerprint density at radius 2 is 0.786 bits per heavy atom. The summed E-state index contributed by atoms with van der Waals surface area (Å²) < 4.78 is 2.29. The van der Waals surface area contributed by atoms with Crippen LogP contribution in [0.15, 0.2) is 200 Å². The molecular formula is C53H33N3. The van der Waals surface area contributed by atoms with Crippen LogP contribution in [0.3, 0.4) is 0 Å². The second-order valence-corrected chi connectivity index (χ2v) is 14.9. The first-order valence-corrected chi connectivity index (χ1v) is 19.2. The summed E-state index contributed by atoms with van der Waals surface area (Å²) in [6.07, 6.45) is 0. The zero-order valence-corrected chi connectivity index (χ0v) is 30.4. The molecule has 0 radical (unpaired) electrons. The molecule has 8 aromatic carbocycles. The molecule has 0 N–H and O–H groups in total. The van der Waals surface area contributed by atoms with Gasteiger partial charge in [0.05, 0.1) is 27.8 Å². The smallest absolute Gasteiger partial charge is 0.235 e. The predicted molar refractivity (Wildman–Crippen MR) is 229 cm³/mol. The maximum atomic E-state index is 5.42. The summed E-state index contributed by atoms with van der Waals surface area (Å²) in [5.41, 5.74) is 18.4. The van der Waals surface area contributed by atoms with Gasteiger partial charge >= 0.3 is 0 Å². The molecule has 260 valence electrons. The van der Waals surface area contributed by atoms with Crippen molar-refractivity contribution >= 4 is 21.8 Å². The Balaban J connectivity index is 1.15. The Labute approximate surface area is 324 Å². The van der Waals surface area contributed by atoms with Crippen LogP contribution in [0.2, 0.25) is 0 Å². The molecule has 0 bridgehead atoms. The van der Waals surface area contributed by atoms with Gasteiger partial charge in [-0.25, -0.2) is 9.97 Å². The Kier molecular flexibility index (Phi) is 6.55. The maximum Gasteiger partial charge on any atom is 0.235 e. The topological polar surface area (TPSA) is 30.7 Å². The third kappa shape index (κ3) is 4.28. The van der Waals surface area contributed by atoms with E-state index in [1.807, 2.05) is 0 Å². The van der Waals surface area contributed by atoms with E-state index in [0.717, 1.165) is 33.5 Å². The first kappa shape index (κ1) is 31.0. The number of benzene rings is 8. The van der Waals surface area contributed by atoms with E-state index in [-0.39, 0.29) is 0 Å². The Bertz CT molecular complexity index is 3130. The van der Waals surface area contributed by atoms with E-state index in [0.29, 0.717) is 5.95 Å². The van der Waals surface area contributed by atoms with Gasteiger partial charge < -0.3 is 0 Å². The standard InChI is InChI=1S/C53H33N3/c1-3-15-34(16-4-1)35-27-29-37(30-28-35)49-33-48(36-17-5-2-6-18-36)54-52(55-49)56-50-26-14-10-22-41(50)43-31-42-40-21-9-13-25-46(40)53(47(42)32-51(43)56)44-23-11-7-19-38(44)39-20-8-12-24-45(39)53/h1-33H. The maximum absolute atomic E-state index is 5.42. The molecule has 10 aromatic rings. The van der Waals surface area contributed by atoms with Crippen LogP contribution in [-0.4, -0.2) is 14.5 Å². The Hall–Kier alpha value is -7.36. The quantitative estimate of drug-likeness (QED) is 0.182. The molecule has 56 heavy (non-hydrogen) atoms. The number of nitrogens with zero attached hydrogens (tertiary/aromatic N) is 3. The van der Waals surface area contributed by atoms with Gasteiger partial charge in [-0.05, 0) is 79.9 Å². The molecule has 2 aliphatic rings. The fourth-order valence-electron chi connectivity index (χ4n) is 9.67. The third-order valence-electron chi connectivity index (χ3n) is 12.1. The molecule has 2 heterocycles. The van der Waals surface area contributed by atoms with E-state index in [1.165, 1.54) is 66.4 Å². The first-order chi connectivity index (χ1) is 27.8. The highest BCUT2D eigenvalue weighted by Gasteiger charge is 2.51. The number of hydrogen-bond acceptors (Lipinski definition) is 2. The van der Waals surface area contributed by atoms with Crippen molar-refractivity contribution in [2.24, 2.45) is 0 Å². The highest BCUT2D eigenvalue weighted by molar-refractivity contribution is 6.12. The molecule has 0 unspecified atom stereocenters. The van der Waals surface area contributed by atoms with Crippen molar-refractivity contribution in [1.29, 1.82) is 0 Å². The van der Waals surface area contributed by atoms with Crippen molar-refractivity contribution in [1.82, 2.24) is 14.5 Å². The van der Waals surface area contributed by atoms with Crippen molar-refractivity contribution in [2.75, 3.05) is 0 Å². The summed E-state index contributed by atoms with van der Waals surface area (Å²) in [7, 11) is 0. The SMILES string of the molecule is c1ccc(-c2ccc(-c3cc(-c4ccccc4)nc(-n4c5ccccc5c5cc6c(cc54)C4(c5ccccc5-c5ccccc54)c4ccccc4-6)n3)cc2)cc1. The Morgan fingerprint density at radius 3 is 1.41 bits per heavy atom. The fourth-order valence-corrected chi connectivity index (χ4v) is 9.67. The van der Waals surface area contributed by atoms with Gasteiger partial charge in [0.2, 0.25) is 5.95 Å². The average molecular weight is 712 g/mol. The van der Waals surface area contributed by atoms with E-state index >= 15 is 0 Å². The van der Waals surface area contributed by atoms with Crippen LogP contribution in [0.25, 0.3) is 83.6 Å². The summed E-state index contributed by atoms with van der Waals surface area (Å²) in [6, 6.07) is 72.4. The first-order valence-electron chi connectivity index (χ1n) is 19.2. The third-order valence-corrected chi connectivity index (χ3v) is 12.1. The van der Waals surface area contributed by atoms with Crippen molar-refractivity contribution < 1.29 is 0 Å². The molecule has 1 spiro atoms. The highest BCUT2D eigenvalue weighted by atomic mass is 15.2. The molecule has 2 aliphatic carbocycles. The van der Waals surface area contributed by atoms with Gasteiger partial charge in [-0.3, -0.25) is 4.57 Å². The van der Waals surface area contributed by atoms with Crippen LogP contribution in [0.1, 0.15) is 22.3 Å². The lowest BCUT2D eigenvalue weighted by molar-refractivity contribution is 0.794. The molecule has 2 aromatic heterocycles. The molecule has 0 atom stereocenters. The highest BCUT2D eigenvalue weighted by Crippen LogP contribution is 2.63. The number of rotatable bonds is 4. The normalized spacial score (nSPS) is 13.1. The van der Waals surface area contributed by atoms with Crippen molar-refractivity contribution in [3.05, 3.63) is 222 Å². The minimum absolute atomic E-state index is 0.451. The number of para-hydroxylation sites is 1. The van der Waals surface area contributed by atoms with Crippen molar-refractivity contribution in [3.63, 3.8) is 0 Å². The van der Waals surface area contributed by atoms with Gasteiger partial charge in [0, 0.05) is 21.9 Å². The summed E-state index contributed by atoms with van der Waals surface area (Å²) in [5, 5.41) is 2.37. The molecule has 0 aliphatic heterocycles. The molecule has 0 saturated heterocycles. The minimum Gasteiger partial charge on any atom is -0.278 e. The second kappa shape index (κ2) is 11.8. The molecular weight excluding hydrogens is 679 g/mol. The summed E-state index contributed by atoms with van der Waals surface area (Å²) in [4.78, 5) is 10.8. The largest absolute Gasteiger partial charge is 0.278 e.